The maximum absolute atomic E-state index is 9.39. The predicted molar refractivity (Wildman–Crippen MR) is 90.9 cm³/mol. The van der Waals surface area contributed by atoms with Gasteiger partial charge in [-0.1, -0.05) is 13.0 Å². The summed E-state index contributed by atoms with van der Waals surface area (Å²) in [6.45, 7) is 5.52. The summed E-state index contributed by atoms with van der Waals surface area (Å²) in [5, 5.41) is 12.9. The van der Waals surface area contributed by atoms with Crippen LogP contribution in [0.25, 0.3) is 0 Å². The number of hydrogen-bond donors (Lipinski definition) is 1. The lowest BCUT2D eigenvalue weighted by atomic mass is 9.94. The van der Waals surface area contributed by atoms with E-state index >= 15 is 0 Å². The Kier molecular flexibility index (Phi) is 6.41. The minimum Gasteiger partial charge on any atom is -0.384 e. The average Bonchev–Trinajstić information content (AvgIpc) is 2.50. The molecule has 114 valence electrons. The van der Waals surface area contributed by atoms with Crippen molar-refractivity contribution < 1.29 is 0 Å². The van der Waals surface area contributed by atoms with Gasteiger partial charge in [0.15, 0.2) is 0 Å². The van der Waals surface area contributed by atoms with Crippen LogP contribution in [0.3, 0.4) is 0 Å². The van der Waals surface area contributed by atoms with Crippen molar-refractivity contribution >= 4 is 17.4 Å². The quantitative estimate of drug-likeness (QED) is 0.811. The number of rotatable bonds is 6. The Bertz CT molecular complexity index is 487. The van der Waals surface area contributed by atoms with Gasteiger partial charge in [0.2, 0.25) is 0 Å². The van der Waals surface area contributed by atoms with Crippen LogP contribution in [0.4, 0.5) is 5.69 Å². The zero-order valence-electron chi connectivity index (χ0n) is 13.1. The van der Waals surface area contributed by atoms with Crippen LogP contribution in [0.5, 0.6) is 0 Å². The number of anilines is 1. The van der Waals surface area contributed by atoms with Gasteiger partial charge in [0.25, 0.3) is 0 Å². The molecule has 0 saturated carbocycles. The van der Waals surface area contributed by atoms with E-state index in [0.717, 1.165) is 34.4 Å². The fourth-order valence-electron chi connectivity index (χ4n) is 2.83. The summed E-state index contributed by atoms with van der Waals surface area (Å²) in [7, 11) is 2.20. The second-order valence-electron chi connectivity index (χ2n) is 5.69. The molecule has 1 aromatic carbocycles. The summed E-state index contributed by atoms with van der Waals surface area (Å²) in [6, 6.07) is 8.45. The molecule has 4 heteroatoms. The Balaban J connectivity index is 1.88. The summed E-state index contributed by atoms with van der Waals surface area (Å²) in [5.74, 6) is 1.82. The maximum Gasteiger partial charge on any atom is 0.102 e. The number of nitrogens with one attached hydrogen (secondary N) is 1. The van der Waals surface area contributed by atoms with Gasteiger partial charge < -0.3 is 10.2 Å². The highest BCUT2D eigenvalue weighted by molar-refractivity contribution is 7.99. The molecule has 1 fully saturated rings. The molecular formula is C17H25N3S. The van der Waals surface area contributed by atoms with Crippen LogP contribution in [0.2, 0.25) is 0 Å². The molecular weight excluding hydrogens is 278 g/mol. The molecule has 1 N–H and O–H groups in total. The van der Waals surface area contributed by atoms with Crippen LogP contribution in [0, 0.1) is 17.2 Å². The van der Waals surface area contributed by atoms with E-state index in [9.17, 15) is 5.26 Å². The molecule has 0 unspecified atom stereocenters. The fraction of sp³-hybridized carbons (Fsp3) is 0.588. The van der Waals surface area contributed by atoms with Gasteiger partial charge >= 0.3 is 0 Å². The molecule has 0 spiro atoms. The molecule has 0 radical (unpaired) electrons. The van der Waals surface area contributed by atoms with E-state index in [0.29, 0.717) is 0 Å². The highest BCUT2D eigenvalue weighted by Crippen LogP contribution is 2.28. The van der Waals surface area contributed by atoms with Gasteiger partial charge in [-0.2, -0.15) is 5.26 Å². The van der Waals surface area contributed by atoms with E-state index in [4.69, 9.17) is 0 Å². The molecule has 1 heterocycles. The molecule has 1 saturated heterocycles. The second-order valence-corrected chi connectivity index (χ2v) is 6.99. The van der Waals surface area contributed by atoms with Gasteiger partial charge in [0.05, 0.1) is 11.3 Å². The number of hydrogen-bond acceptors (Lipinski definition) is 4. The van der Waals surface area contributed by atoms with Crippen molar-refractivity contribution in [2.75, 3.05) is 37.8 Å². The van der Waals surface area contributed by atoms with Crippen LogP contribution < -0.4 is 5.32 Å². The fourth-order valence-corrected chi connectivity index (χ4v) is 3.62. The summed E-state index contributed by atoms with van der Waals surface area (Å²) >= 11 is 1.73. The molecule has 21 heavy (non-hydrogen) atoms. The molecule has 1 aliphatic heterocycles. The van der Waals surface area contributed by atoms with E-state index in [2.05, 4.69) is 30.3 Å². The Hall–Kier alpha value is -1.18. The molecule has 0 amide bonds. The van der Waals surface area contributed by atoms with Crippen LogP contribution in [0.15, 0.2) is 23.1 Å². The first kappa shape index (κ1) is 16.2. The zero-order valence-corrected chi connectivity index (χ0v) is 13.9. The van der Waals surface area contributed by atoms with E-state index < -0.39 is 0 Å². The molecule has 0 atom stereocenters. The lowest BCUT2D eigenvalue weighted by Gasteiger charge is -2.29. The lowest BCUT2D eigenvalue weighted by Crippen LogP contribution is -2.30. The van der Waals surface area contributed by atoms with Gasteiger partial charge in [-0.15, -0.1) is 11.8 Å². The Labute approximate surface area is 132 Å². The Morgan fingerprint density at radius 1 is 1.38 bits per heavy atom. The molecule has 0 bridgehead atoms. The average molecular weight is 303 g/mol. The summed E-state index contributed by atoms with van der Waals surface area (Å²) < 4.78 is 0. The molecule has 1 aromatic rings. The number of nitrogens with zero attached hydrogens (tertiary/aromatic N) is 2. The van der Waals surface area contributed by atoms with Crippen molar-refractivity contribution in [3.63, 3.8) is 0 Å². The summed E-state index contributed by atoms with van der Waals surface area (Å²) in [5.41, 5.74) is 1.79. The van der Waals surface area contributed by atoms with E-state index in [1.165, 1.54) is 32.4 Å². The number of benzene rings is 1. The first-order valence-electron chi connectivity index (χ1n) is 7.83. The lowest BCUT2D eigenvalue weighted by molar-refractivity contribution is 0.215. The standard InChI is InChI=1S/C17H25N3S/c1-3-21-17-6-4-5-16(15(17)13-18)19-10-7-14-8-11-20(2)12-9-14/h4-6,14,19H,3,7-12H2,1-2H3. The van der Waals surface area contributed by atoms with Crippen molar-refractivity contribution in [2.24, 2.45) is 5.92 Å². The molecule has 3 nitrogen and oxygen atoms in total. The van der Waals surface area contributed by atoms with Gasteiger partial charge in [0.1, 0.15) is 6.07 Å². The van der Waals surface area contributed by atoms with Crippen LogP contribution in [0.1, 0.15) is 31.7 Å². The second kappa shape index (κ2) is 8.31. The third-order valence-electron chi connectivity index (χ3n) is 4.14. The third kappa shape index (κ3) is 4.66. The monoisotopic (exact) mass is 303 g/mol. The van der Waals surface area contributed by atoms with Crippen LogP contribution >= 0.6 is 11.8 Å². The predicted octanol–water partition coefficient (Wildman–Crippen LogP) is 3.81. The molecule has 1 aliphatic rings. The normalized spacial score (nSPS) is 16.6. The zero-order chi connectivity index (χ0) is 15.1. The highest BCUT2D eigenvalue weighted by Gasteiger charge is 2.16. The smallest absolute Gasteiger partial charge is 0.102 e. The first-order chi connectivity index (χ1) is 10.2. The molecule has 2 rings (SSSR count). The van der Waals surface area contributed by atoms with Crippen molar-refractivity contribution in [1.29, 1.82) is 5.26 Å². The number of likely N-dealkylation sites (tertiary alicyclic amines) is 1. The topological polar surface area (TPSA) is 39.1 Å². The van der Waals surface area contributed by atoms with E-state index in [-0.39, 0.29) is 0 Å². The van der Waals surface area contributed by atoms with Crippen molar-refractivity contribution in [3.05, 3.63) is 23.8 Å². The van der Waals surface area contributed by atoms with Gasteiger partial charge in [-0.05, 0) is 63.2 Å². The number of nitriles is 1. The van der Waals surface area contributed by atoms with Crippen molar-refractivity contribution in [1.82, 2.24) is 4.90 Å². The van der Waals surface area contributed by atoms with Crippen LogP contribution in [-0.2, 0) is 0 Å². The van der Waals surface area contributed by atoms with E-state index in [1.807, 2.05) is 18.2 Å². The largest absolute Gasteiger partial charge is 0.384 e. The van der Waals surface area contributed by atoms with Crippen LogP contribution in [-0.4, -0.2) is 37.3 Å². The van der Waals surface area contributed by atoms with Gasteiger partial charge in [-0.3, -0.25) is 0 Å². The minimum atomic E-state index is 0.799. The number of thioether (sulfide) groups is 1. The molecule has 0 aliphatic carbocycles. The Morgan fingerprint density at radius 3 is 2.81 bits per heavy atom. The van der Waals surface area contributed by atoms with Gasteiger partial charge in [-0.25, -0.2) is 0 Å². The minimum absolute atomic E-state index is 0.799. The van der Waals surface area contributed by atoms with Gasteiger partial charge in [0, 0.05) is 11.4 Å². The maximum atomic E-state index is 9.39. The van der Waals surface area contributed by atoms with E-state index in [1.54, 1.807) is 11.8 Å². The third-order valence-corrected chi connectivity index (χ3v) is 5.08. The summed E-state index contributed by atoms with van der Waals surface area (Å²) in [4.78, 5) is 3.49. The van der Waals surface area contributed by atoms with Crippen molar-refractivity contribution in [2.45, 2.75) is 31.1 Å². The Morgan fingerprint density at radius 2 is 2.14 bits per heavy atom. The first-order valence-corrected chi connectivity index (χ1v) is 8.81. The molecule has 0 aromatic heterocycles. The number of piperidine rings is 1. The highest BCUT2D eigenvalue weighted by atomic mass is 32.2. The SMILES string of the molecule is CCSc1cccc(NCCC2CCN(C)CC2)c1C#N. The summed E-state index contributed by atoms with van der Waals surface area (Å²) in [6.07, 6.45) is 3.80. The van der Waals surface area contributed by atoms with Crippen molar-refractivity contribution in [3.8, 4) is 6.07 Å².